The fourth-order valence-corrected chi connectivity index (χ4v) is 5.92. The molecule has 224 valence electrons. The van der Waals surface area contributed by atoms with Crippen molar-refractivity contribution in [2.45, 2.75) is 36.1 Å². The minimum absolute atomic E-state index is 0.0273. The van der Waals surface area contributed by atoms with Gasteiger partial charge in [-0.2, -0.15) is 0 Å². The van der Waals surface area contributed by atoms with Gasteiger partial charge in [0.25, 0.3) is 5.91 Å². The van der Waals surface area contributed by atoms with E-state index in [-0.39, 0.29) is 36.5 Å². The van der Waals surface area contributed by atoms with Gasteiger partial charge in [0.05, 0.1) is 17.9 Å². The first kappa shape index (κ1) is 29.8. The number of benzene rings is 2. The van der Waals surface area contributed by atoms with Crippen molar-refractivity contribution in [3.05, 3.63) is 84.2 Å². The third-order valence-corrected chi connectivity index (χ3v) is 8.46. The van der Waals surface area contributed by atoms with E-state index >= 15 is 0 Å². The summed E-state index contributed by atoms with van der Waals surface area (Å²) in [5.41, 5.74) is 0.610. The molecule has 0 radical (unpaired) electrons. The molecular formula is C29H29N5O8S. The van der Waals surface area contributed by atoms with E-state index in [2.05, 4.69) is 25.1 Å². The first-order chi connectivity index (χ1) is 20.6. The second-order valence-corrected chi connectivity index (χ2v) is 11.9. The second kappa shape index (κ2) is 12.7. The number of nitrogens with one attached hydrogen (secondary N) is 3. The topological polar surface area (TPSA) is 184 Å². The smallest absolute Gasteiger partial charge is 0.310 e. The van der Waals surface area contributed by atoms with E-state index in [1.165, 1.54) is 23.2 Å². The van der Waals surface area contributed by atoms with Crippen molar-refractivity contribution in [2.75, 3.05) is 19.6 Å². The van der Waals surface area contributed by atoms with Gasteiger partial charge in [-0.25, -0.2) is 13.1 Å². The maximum absolute atomic E-state index is 13.6. The molecule has 3 aromatic rings. The molecule has 14 heteroatoms. The third-order valence-electron chi connectivity index (χ3n) is 7.05. The van der Waals surface area contributed by atoms with Gasteiger partial charge < -0.3 is 25.4 Å². The van der Waals surface area contributed by atoms with Gasteiger partial charge in [-0.15, -0.1) is 0 Å². The van der Waals surface area contributed by atoms with E-state index in [1.54, 1.807) is 42.5 Å². The molecule has 2 aliphatic rings. The van der Waals surface area contributed by atoms with Crippen molar-refractivity contribution in [1.82, 2.24) is 25.2 Å². The Morgan fingerprint density at radius 3 is 2.51 bits per heavy atom. The van der Waals surface area contributed by atoms with Crippen LogP contribution in [0.25, 0.3) is 10.8 Å². The Morgan fingerprint density at radius 2 is 1.77 bits per heavy atom. The van der Waals surface area contributed by atoms with Crippen LogP contribution in [0.3, 0.4) is 0 Å². The van der Waals surface area contributed by atoms with E-state index in [4.69, 9.17) is 0 Å². The quantitative estimate of drug-likeness (QED) is 0.195. The predicted molar refractivity (Wildman–Crippen MR) is 153 cm³/mol. The second-order valence-electron chi connectivity index (χ2n) is 10.1. The Balaban J connectivity index is 1.35. The number of nitrogens with zero attached hydrogens (tertiary/aromatic N) is 2. The van der Waals surface area contributed by atoms with E-state index in [9.17, 15) is 32.7 Å². The molecule has 3 amide bonds. The molecule has 2 aromatic carbocycles. The summed E-state index contributed by atoms with van der Waals surface area (Å²) in [6, 6.07) is 14.6. The molecule has 1 fully saturated rings. The number of amides is 3. The number of rotatable bonds is 9. The number of fused-ring (bicyclic) bond motifs is 1. The van der Waals surface area contributed by atoms with Crippen LogP contribution in [0.1, 0.15) is 23.3 Å². The van der Waals surface area contributed by atoms with Crippen LogP contribution in [-0.2, 0) is 29.1 Å². The first-order valence-corrected chi connectivity index (χ1v) is 14.9. The summed E-state index contributed by atoms with van der Waals surface area (Å²) in [5.74, 6) is -2.53. The van der Waals surface area contributed by atoms with Crippen molar-refractivity contribution < 1.29 is 37.4 Å². The van der Waals surface area contributed by atoms with Crippen molar-refractivity contribution in [2.24, 2.45) is 0 Å². The number of aliphatic hydroxyl groups excluding tert-OH is 1. The lowest BCUT2D eigenvalue weighted by molar-refractivity contribution is -0.155. The Bertz CT molecular complexity index is 1690. The summed E-state index contributed by atoms with van der Waals surface area (Å²) >= 11 is 0. The fraction of sp³-hybridized carbons (Fsp3) is 0.276. The Morgan fingerprint density at radius 1 is 1.02 bits per heavy atom. The van der Waals surface area contributed by atoms with Crippen LogP contribution in [0.4, 0.5) is 0 Å². The number of esters is 1. The lowest BCUT2D eigenvalue weighted by Gasteiger charge is -2.26. The van der Waals surface area contributed by atoms with Crippen molar-refractivity contribution in [1.29, 1.82) is 0 Å². The largest absolute Gasteiger partial charge is 0.434 e. The lowest BCUT2D eigenvalue weighted by Crippen LogP contribution is -2.52. The highest BCUT2D eigenvalue weighted by Crippen LogP contribution is 2.19. The van der Waals surface area contributed by atoms with Gasteiger partial charge in [-0.05, 0) is 35.6 Å². The number of aromatic nitrogens is 1. The third kappa shape index (κ3) is 7.05. The molecule has 5 rings (SSSR count). The molecule has 0 bridgehead atoms. The Kier molecular flexibility index (Phi) is 8.80. The molecule has 0 saturated carbocycles. The summed E-state index contributed by atoms with van der Waals surface area (Å²) in [6.07, 6.45) is 1.42. The minimum Gasteiger partial charge on any atom is -0.434 e. The normalized spacial score (nSPS) is 20.7. The predicted octanol–water partition coefficient (Wildman–Crippen LogP) is 0.221. The van der Waals surface area contributed by atoms with Gasteiger partial charge in [0.15, 0.2) is 0 Å². The zero-order valence-corrected chi connectivity index (χ0v) is 23.6. The summed E-state index contributed by atoms with van der Waals surface area (Å²) in [4.78, 5) is 56.7. The highest BCUT2D eigenvalue weighted by molar-refractivity contribution is 7.89. The number of hydrogen-bond acceptors (Lipinski definition) is 9. The van der Waals surface area contributed by atoms with Crippen molar-refractivity contribution in [3.8, 4) is 0 Å². The van der Waals surface area contributed by atoms with E-state index in [0.29, 0.717) is 11.0 Å². The molecule has 4 N–H and O–H groups in total. The van der Waals surface area contributed by atoms with Gasteiger partial charge in [0.2, 0.25) is 28.1 Å². The molecular weight excluding hydrogens is 578 g/mol. The average molecular weight is 608 g/mol. The summed E-state index contributed by atoms with van der Waals surface area (Å²) in [6.45, 7) is -0.763. The van der Waals surface area contributed by atoms with Gasteiger partial charge in [0, 0.05) is 24.7 Å². The molecule has 3 atom stereocenters. The van der Waals surface area contributed by atoms with E-state index < -0.39 is 58.6 Å². The zero-order valence-electron chi connectivity index (χ0n) is 22.8. The number of sulfonamides is 1. The van der Waals surface area contributed by atoms with Crippen LogP contribution in [0.5, 0.6) is 0 Å². The minimum atomic E-state index is -3.87. The number of cyclic esters (lactones) is 1. The number of hydrogen-bond donors (Lipinski definition) is 4. The van der Waals surface area contributed by atoms with Gasteiger partial charge in [0.1, 0.15) is 17.8 Å². The van der Waals surface area contributed by atoms with Gasteiger partial charge >= 0.3 is 5.97 Å². The van der Waals surface area contributed by atoms with Crippen LogP contribution in [0, 0.1) is 0 Å². The average Bonchev–Trinajstić information content (AvgIpc) is 3.24. The maximum Gasteiger partial charge on any atom is 0.310 e. The van der Waals surface area contributed by atoms with Crippen LogP contribution in [0.2, 0.25) is 0 Å². The SMILES string of the molecule is O=C(CN1CC(CNS(=O)(=O)c2ccccc2)=CC[C@H](NC(=O)c2nccc3ccccc23)C1=O)N[C@H]1CC(=O)OC1O. The number of carbonyl (C=O) groups excluding carboxylic acids is 4. The van der Waals surface area contributed by atoms with E-state index in [0.717, 1.165) is 5.39 Å². The molecule has 43 heavy (non-hydrogen) atoms. The van der Waals surface area contributed by atoms with Crippen LogP contribution >= 0.6 is 0 Å². The van der Waals surface area contributed by atoms with Crippen molar-refractivity contribution >= 4 is 44.5 Å². The van der Waals surface area contributed by atoms with Crippen molar-refractivity contribution in [3.63, 3.8) is 0 Å². The summed E-state index contributed by atoms with van der Waals surface area (Å²) in [5, 5.41) is 16.4. The number of aliphatic hydroxyl groups is 1. The lowest BCUT2D eigenvalue weighted by atomic mass is 10.1. The van der Waals surface area contributed by atoms with Crippen LogP contribution in [-0.4, -0.2) is 85.1 Å². The summed E-state index contributed by atoms with van der Waals surface area (Å²) in [7, 11) is -3.87. The molecule has 1 aromatic heterocycles. The fourth-order valence-electron chi connectivity index (χ4n) is 4.87. The molecule has 0 spiro atoms. The summed E-state index contributed by atoms with van der Waals surface area (Å²) < 4.78 is 32.8. The maximum atomic E-state index is 13.6. The Hall–Kier alpha value is -4.66. The first-order valence-electron chi connectivity index (χ1n) is 13.4. The molecule has 0 aliphatic carbocycles. The van der Waals surface area contributed by atoms with E-state index in [1.807, 2.05) is 12.1 Å². The highest BCUT2D eigenvalue weighted by Gasteiger charge is 2.36. The highest BCUT2D eigenvalue weighted by atomic mass is 32.2. The molecule has 3 heterocycles. The molecule has 1 saturated heterocycles. The molecule has 13 nitrogen and oxygen atoms in total. The van der Waals surface area contributed by atoms with Crippen LogP contribution in [0.15, 0.2) is 83.4 Å². The van der Waals surface area contributed by atoms with Gasteiger partial charge in [-0.1, -0.05) is 48.5 Å². The number of pyridine rings is 1. The molecule has 2 aliphatic heterocycles. The monoisotopic (exact) mass is 607 g/mol. The van der Waals surface area contributed by atoms with Gasteiger partial charge in [-0.3, -0.25) is 24.2 Å². The zero-order chi connectivity index (χ0) is 30.6. The van der Waals surface area contributed by atoms with Crippen LogP contribution < -0.4 is 15.4 Å². The standard InChI is InChI=1S/C29H29N5O8S/c35-24(32-23-14-25(36)42-29(23)39)17-34-16-18(15-31-43(40,41)20-7-2-1-3-8-20)10-11-22(28(34)38)33-27(37)26-21-9-5-4-6-19(21)12-13-30-26/h1-10,12-13,22-23,29,31,39H,11,14-17H2,(H,32,35)(H,33,37)/t22-,23-,29?/m0/s1. The number of ether oxygens (including phenoxy) is 1. The Labute approximate surface area is 247 Å². The number of carbonyl (C=O) groups is 4. The molecule has 1 unspecified atom stereocenters.